The molecule has 1 saturated heterocycles. The molecule has 1 fully saturated rings. The average molecular weight is 417 g/mol. The first-order valence-electron chi connectivity index (χ1n) is 9.79. The van der Waals surface area contributed by atoms with E-state index in [2.05, 4.69) is 12.2 Å². The molecule has 1 aliphatic rings. The molecule has 6 nitrogen and oxygen atoms in total. The predicted octanol–water partition coefficient (Wildman–Crippen LogP) is 4.24. The van der Waals surface area contributed by atoms with Gasteiger partial charge in [-0.3, -0.25) is 9.59 Å². The van der Waals surface area contributed by atoms with E-state index >= 15 is 0 Å². The summed E-state index contributed by atoms with van der Waals surface area (Å²) in [5.41, 5.74) is 1.36. The molecule has 0 spiro atoms. The van der Waals surface area contributed by atoms with E-state index in [9.17, 15) is 9.59 Å². The Morgan fingerprint density at radius 3 is 2.48 bits per heavy atom. The quantitative estimate of drug-likeness (QED) is 0.685. The molecule has 2 aromatic rings. The number of anilines is 1. The van der Waals surface area contributed by atoms with Gasteiger partial charge < -0.3 is 19.7 Å². The molecule has 0 saturated carbocycles. The SMILES string of the molecule is CCCCOc1ccc(C(=O)Nc2cc(C(=O)N3CCOCC3)ccc2Cl)cc1. The Bertz CT molecular complexity index is 848. The molecule has 0 aromatic heterocycles. The summed E-state index contributed by atoms with van der Waals surface area (Å²) in [4.78, 5) is 27.0. The van der Waals surface area contributed by atoms with Gasteiger partial charge in [-0.1, -0.05) is 24.9 Å². The first kappa shape index (κ1) is 21.1. The van der Waals surface area contributed by atoms with E-state index < -0.39 is 0 Å². The summed E-state index contributed by atoms with van der Waals surface area (Å²) in [6.07, 6.45) is 2.05. The third-order valence-corrected chi connectivity index (χ3v) is 4.97. The second-order valence-electron chi connectivity index (χ2n) is 6.78. The van der Waals surface area contributed by atoms with Crippen molar-refractivity contribution in [2.45, 2.75) is 19.8 Å². The standard InChI is InChI=1S/C22H25ClN2O4/c1-2-3-12-29-18-7-4-16(5-8-18)21(26)24-20-15-17(6-9-19(20)23)22(27)25-10-13-28-14-11-25/h4-9,15H,2-3,10-14H2,1H3,(H,24,26). The highest BCUT2D eigenvalue weighted by Crippen LogP contribution is 2.25. The lowest BCUT2D eigenvalue weighted by atomic mass is 10.1. The topological polar surface area (TPSA) is 67.9 Å². The van der Waals surface area contributed by atoms with E-state index in [0.29, 0.717) is 54.7 Å². The van der Waals surface area contributed by atoms with Crippen molar-refractivity contribution in [2.75, 3.05) is 38.2 Å². The van der Waals surface area contributed by atoms with Gasteiger partial charge in [-0.15, -0.1) is 0 Å². The van der Waals surface area contributed by atoms with Gasteiger partial charge >= 0.3 is 0 Å². The smallest absolute Gasteiger partial charge is 0.255 e. The van der Waals surface area contributed by atoms with Crippen LogP contribution in [-0.2, 0) is 4.74 Å². The Labute approximate surface area is 175 Å². The number of amides is 2. The summed E-state index contributed by atoms with van der Waals surface area (Å²) in [6.45, 7) is 4.92. The van der Waals surface area contributed by atoms with Gasteiger partial charge in [0.25, 0.3) is 11.8 Å². The summed E-state index contributed by atoms with van der Waals surface area (Å²) in [6, 6.07) is 11.8. The minimum Gasteiger partial charge on any atom is -0.494 e. The highest BCUT2D eigenvalue weighted by molar-refractivity contribution is 6.34. The second kappa shape index (κ2) is 10.3. The first-order valence-corrected chi connectivity index (χ1v) is 10.2. The normalized spacial score (nSPS) is 13.8. The Balaban J connectivity index is 1.67. The van der Waals surface area contributed by atoms with E-state index in [0.717, 1.165) is 18.6 Å². The summed E-state index contributed by atoms with van der Waals surface area (Å²) < 4.78 is 10.9. The van der Waals surface area contributed by atoms with Gasteiger partial charge in [0.15, 0.2) is 0 Å². The summed E-state index contributed by atoms with van der Waals surface area (Å²) in [5, 5.41) is 3.16. The molecule has 29 heavy (non-hydrogen) atoms. The molecule has 7 heteroatoms. The number of hydrogen-bond acceptors (Lipinski definition) is 4. The van der Waals surface area contributed by atoms with Gasteiger partial charge in [-0.25, -0.2) is 0 Å². The van der Waals surface area contributed by atoms with Crippen LogP contribution < -0.4 is 10.1 Å². The van der Waals surface area contributed by atoms with Crippen LogP contribution in [0.5, 0.6) is 5.75 Å². The van der Waals surface area contributed by atoms with Crippen molar-refractivity contribution in [3.8, 4) is 5.75 Å². The van der Waals surface area contributed by atoms with Gasteiger partial charge in [0.2, 0.25) is 0 Å². The molecule has 0 unspecified atom stereocenters. The van der Waals surface area contributed by atoms with Crippen LogP contribution in [0.15, 0.2) is 42.5 Å². The zero-order valence-corrected chi connectivity index (χ0v) is 17.2. The number of carbonyl (C=O) groups is 2. The fourth-order valence-electron chi connectivity index (χ4n) is 2.93. The first-order chi connectivity index (χ1) is 14.1. The molecule has 1 N–H and O–H groups in total. The maximum Gasteiger partial charge on any atom is 0.255 e. The van der Waals surface area contributed by atoms with Crippen LogP contribution in [0.1, 0.15) is 40.5 Å². The molecule has 3 rings (SSSR count). The highest BCUT2D eigenvalue weighted by Gasteiger charge is 2.20. The van der Waals surface area contributed by atoms with Crippen LogP contribution in [0.25, 0.3) is 0 Å². The number of unbranched alkanes of at least 4 members (excludes halogenated alkanes) is 1. The second-order valence-corrected chi connectivity index (χ2v) is 7.19. The minimum atomic E-state index is -0.303. The van der Waals surface area contributed by atoms with Gasteiger partial charge in [0.1, 0.15) is 5.75 Å². The fraction of sp³-hybridized carbons (Fsp3) is 0.364. The van der Waals surface area contributed by atoms with Gasteiger partial charge in [-0.2, -0.15) is 0 Å². The van der Waals surface area contributed by atoms with Gasteiger partial charge in [-0.05, 0) is 48.9 Å². The highest BCUT2D eigenvalue weighted by atomic mass is 35.5. The molecule has 1 heterocycles. The average Bonchev–Trinajstić information content (AvgIpc) is 2.76. The predicted molar refractivity (Wildman–Crippen MR) is 113 cm³/mol. The Kier molecular flexibility index (Phi) is 7.49. The third-order valence-electron chi connectivity index (χ3n) is 4.64. The molecule has 154 valence electrons. The fourth-order valence-corrected chi connectivity index (χ4v) is 3.10. The molecule has 1 aliphatic heterocycles. The molecule has 0 atom stereocenters. The van der Waals surface area contributed by atoms with Gasteiger partial charge in [0.05, 0.1) is 30.5 Å². The number of hydrogen-bond donors (Lipinski definition) is 1. The third kappa shape index (κ3) is 5.71. The number of rotatable bonds is 7. The number of nitrogens with one attached hydrogen (secondary N) is 1. The van der Waals surface area contributed by atoms with Crippen LogP contribution in [0.2, 0.25) is 5.02 Å². The van der Waals surface area contributed by atoms with Crippen molar-refractivity contribution in [1.29, 1.82) is 0 Å². The van der Waals surface area contributed by atoms with Crippen LogP contribution >= 0.6 is 11.6 Å². The Morgan fingerprint density at radius 2 is 1.79 bits per heavy atom. The summed E-state index contributed by atoms with van der Waals surface area (Å²) >= 11 is 6.23. The molecular formula is C22H25ClN2O4. The van der Waals surface area contributed by atoms with Gasteiger partial charge in [0, 0.05) is 24.2 Å². The van der Waals surface area contributed by atoms with Crippen LogP contribution in [0.3, 0.4) is 0 Å². The van der Waals surface area contributed by atoms with Crippen molar-refractivity contribution in [1.82, 2.24) is 4.90 Å². The van der Waals surface area contributed by atoms with Crippen molar-refractivity contribution >= 4 is 29.1 Å². The van der Waals surface area contributed by atoms with Crippen LogP contribution in [-0.4, -0.2) is 49.6 Å². The van der Waals surface area contributed by atoms with E-state index in [4.69, 9.17) is 21.1 Å². The van der Waals surface area contributed by atoms with E-state index in [1.165, 1.54) is 0 Å². The lowest BCUT2D eigenvalue weighted by Gasteiger charge is -2.27. The van der Waals surface area contributed by atoms with Crippen LogP contribution in [0, 0.1) is 0 Å². The number of benzene rings is 2. The molecule has 0 radical (unpaired) electrons. The van der Waals surface area contributed by atoms with Crippen molar-refractivity contribution in [3.05, 3.63) is 58.6 Å². The number of ether oxygens (including phenoxy) is 2. The summed E-state index contributed by atoms with van der Waals surface area (Å²) in [5.74, 6) is 0.322. The Morgan fingerprint density at radius 1 is 1.10 bits per heavy atom. The Hall–Kier alpha value is -2.57. The van der Waals surface area contributed by atoms with Crippen molar-refractivity contribution in [2.24, 2.45) is 0 Å². The van der Waals surface area contributed by atoms with Crippen molar-refractivity contribution < 1.29 is 19.1 Å². The largest absolute Gasteiger partial charge is 0.494 e. The lowest BCUT2D eigenvalue weighted by molar-refractivity contribution is 0.0303. The monoisotopic (exact) mass is 416 g/mol. The molecule has 2 aromatic carbocycles. The number of carbonyl (C=O) groups excluding carboxylic acids is 2. The molecular weight excluding hydrogens is 392 g/mol. The maximum absolute atomic E-state index is 12.7. The van der Waals surface area contributed by atoms with Crippen LogP contribution in [0.4, 0.5) is 5.69 Å². The zero-order chi connectivity index (χ0) is 20.6. The zero-order valence-electron chi connectivity index (χ0n) is 16.4. The number of halogens is 1. The van der Waals surface area contributed by atoms with Crippen molar-refractivity contribution in [3.63, 3.8) is 0 Å². The van der Waals surface area contributed by atoms with E-state index in [-0.39, 0.29) is 11.8 Å². The molecule has 0 aliphatic carbocycles. The lowest BCUT2D eigenvalue weighted by Crippen LogP contribution is -2.40. The number of nitrogens with zero attached hydrogens (tertiary/aromatic N) is 1. The maximum atomic E-state index is 12.7. The van der Waals surface area contributed by atoms with E-state index in [1.807, 2.05) is 0 Å². The molecule has 0 bridgehead atoms. The molecule has 2 amide bonds. The number of morpholine rings is 1. The van der Waals surface area contributed by atoms with E-state index in [1.54, 1.807) is 47.4 Å². The minimum absolute atomic E-state index is 0.103. The summed E-state index contributed by atoms with van der Waals surface area (Å²) in [7, 11) is 0.